The Bertz CT molecular complexity index is 290. The molecule has 0 heterocycles. The standard InChI is InChI=1S/C14H23BO/c1-5-14(15(6-2)7-3)12-8-10-13(16-4)11-9-12/h8-11,14H,5-7H2,1-4H3/t14-/m0/s1. The first-order valence-corrected chi connectivity index (χ1v) is 6.40. The second kappa shape index (κ2) is 6.62. The van der Waals surface area contributed by atoms with E-state index in [4.69, 9.17) is 4.74 Å². The molecule has 0 unspecified atom stereocenters. The fraction of sp³-hybridized carbons (Fsp3) is 0.571. The van der Waals surface area contributed by atoms with Gasteiger partial charge >= 0.3 is 0 Å². The molecule has 1 nitrogen and oxygen atoms in total. The average Bonchev–Trinajstić information content (AvgIpc) is 2.36. The molecule has 2 heteroatoms. The number of rotatable bonds is 6. The third kappa shape index (κ3) is 3.04. The van der Waals surface area contributed by atoms with Crippen molar-refractivity contribution in [2.75, 3.05) is 7.11 Å². The molecule has 0 fully saturated rings. The number of ether oxygens (including phenoxy) is 1. The average molecular weight is 218 g/mol. The molecular weight excluding hydrogens is 195 g/mol. The minimum absolute atomic E-state index is 0.695. The summed E-state index contributed by atoms with van der Waals surface area (Å²) in [4.78, 5) is 0. The van der Waals surface area contributed by atoms with E-state index in [1.165, 1.54) is 24.6 Å². The van der Waals surface area contributed by atoms with Gasteiger partial charge in [0.05, 0.1) is 7.11 Å². The van der Waals surface area contributed by atoms with Gasteiger partial charge in [-0.15, -0.1) is 0 Å². The highest BCUT2D eigenvalue weighted by atomic mass is 16.5. The number of hydrogen-bond donors (Lipinski definition) is 0. The van der Waals surface area contributed by atoms with Crippen molar-refractivity contribution in [1.82, 2.24) is 0 Å². The number of benzene rings is 1. The predicted octanol–water partition coefficient (Wildman–Crippen LogP) is 4.26. The van der Waals surface area contributed by atoms with Gasteiger partial charge in [-0.2, -0.15) is 0 Å². The van der Waals surface area contributed by atoms with Crippen LogP contribution in [0, 0.1) is 0 Å². The van der Waals surface area contributed by atoms with Crippen molar-refractivity contribution in [2.24, 2.45) is 0 Å². The SMILES string of the molecule is CCB(CC)[C@@H](CC)c1ccc(OC)cc1. The highest BCUT2D eigenvalue weighted by molar-refractivity contribution is 6.60. The molecule has 1 aromatic carbocycles. The Morgan fingerprint density at radius 2 is 1.62 bits per heavy atom. The molecule has 0 N–H and O–H groups in total. The maximum Gasteiger partial charge on any atom is 0.147 e. The van der Waals surface area contributed by atoms with E-state index in [0.29, 0.717) is 5.82 Å². The van der Waals surface area contributed by atoms with Crippen LogP contribution in [0.5, 0.6) is 5.75 Å². The van der Waals surface area contributed by atoms with Crippen LogP contribution in [0.1, 0.15) is 38.6 Å². The predicted molar refractivity (Wildman–Crippen MR) is 72.7 cm³/mol. The smallest absolute Gasteiger partial charge is 0.147 e. The zero-order chi connectivity index (χ0) is 12.0. The molecule has 0 amide bonds. The maximum atomic E-state index is 5.20. The van der Waals surface area contributed by atoms with Crippen LogP contribution in [-0.4, -0.2) is 13.8 Å². The van der Waals surface area contributed by atoms with Crippen LogP contribution in [0.4, 0.5) is 0 Å². The van der Waals surface area contributed by atoms with Gasteiger partial charge in [0, 0.05) is 0 Å². The molecular formula is C14H23BO. The van der Waals surface area contributed by atoms with E-state index < -0.39 is 0 Å². The lowest BCUT2D eigenvalue weighted by Crippen LogP contribution is -2.21. The van der Waals surface area contributed by atoms with Crippen molar-refractivity contribution < 1.29 is 4.74 Å². The van der Waals surface area contributed by atoms with Gasteiger partial charge < -0.3 is 4.74 Å². The Kier molecular flexibility index (Phi) is 5.44. The monoisotopic (exact) mass is 218 g/mol. The topological polar surface area (TPSA) is 9.23 Å². The van der Waals surface area contributed by atoms with Crippen molar-refractivity contribution in [2.45, 2.75) is 45.6 Å². The Morgan fingerprint density at radius 1 is 1.06 bits per heavy atom. The molecule has 0 aliphatic carbocycles. The largest absolute Gasteiger partial charge is 0.497 e. The minimum Gasteiger partial charge on any atom is -0.497 e. The van der Waals surface area contributed by atoms with Crippen LogP contribution >= 0.6 is 0 Å². The van der Waals surface area contributed by atoms with E-state index in [0.717, 1.165) is 12.5 Å². The van der Waals surface area contributed by atoms with E-state index in [2.05, 4.69) is 45.0 Å². The van der Waals surface area contributed by atoms with Crippen LogP contribution in [-0.2, 0) is 0 Å². The highest BCUT2D eigenvalue weighted by Crippen LogP contribution is 2.27. The van der Waals surface area contributed by atoms with Gasteiger partial charge in [-0.25, -0.2) is 0 Å². The third-order valence-corrected chi connectivity index (χ3v) is 3.60. The first-order valence-electron chi connectivity index (χ1n) is 6.40. The summed E-state index contributed by atoms with van der Waals surface area (Å²) in [6.45, 7) is 7.67. The zero-order valence-electron chi connectivity index (χ0n) is 11.0. The van der Waals surface area contributed by atoms with Gasteiger partial charge in [0.25, 0.3) is 0 Å². The zero-order valence-corrected chi connectivity index (χ0v) is 11.0. The Hall–Kier alpha value is -0.915. The van der Waals surface area contributed by atoms with Gasteiger partial charge in [0.15, 0.2) is 0 Å². The fourth-order valence-electron chi connectivity index (χ4n) is 2.55. The number of methoxy groups -OCH3 is 1. The van der Waals surface area contributed by atoms with E-state index >= 15 is 0 Å². The highest BCUT2D eigenvalue weighted by Gasteiger charge is 2.21. The second-order valence-electron chi connectivity index (χ2n) is 4.36. The molecule has 0 saturated carbocycles. The molecule has 0 bridgehead atoms. The van der Waals surface area contributed by atoms with Crippen LogP contribution < -0.4 is 4.74 Å². The summed E-state index contributed by atoms with van der Waals surface area (Å²) in [5.41, 5.74) is 1.46. The summed E-state index contributed by atoms with van der Waals surface area (Å²) in [7, 11) is 1.72. The summed E-state index contributed by atoms with van der Waals surface area (Å²) in [6.07, 6.45) is 3.75. The fourth-order valence-corrected chi connectivity index (χ4v) is 2.55. The Morgan fingerprint density at radius 3 is 2.00 bits per heavy atom. The van der Waals surface area contributed by atoms with Crippen LogP contribution in [0.3, 0.4) is 0 Å². The molecule has 1 atom stereocenters. The molecule has 0 aliphatic rings. The maximum absolute atomic E-state index is 5.20. The van der Waals surface area contributed by atoms with Crippen molar-refractivity contribution >= 4 is 6.71 Å². The van der Waals surface area contributed by atoms with E-state index in [9.17, 15) is 0 Å². The lowest BCUT2D eigenvalue weighted by Gasteiger charge is -2.22. The van der Waals surface area contributed by atoms with Crippen molar-refractivity contribution in [3.05, 3.63) is 29.8 Å². The molecule has 0 aliphatic heterocycles. The molecule has 0 spiro atoms. The normalized spacial score (nSPS) is 12.2. The second-order valence-corrected chi connectivity index (χ2v) is 4.36. The molecule has 0 aromatic heterocycles. The first kappa shape index (κ1) is 13.2. The van der Waals surface area contributed by atoms with Crippen molar-refractivity contribution in [3.8, 4) is 5.75 Å². The summed E-state index contributed by atoms with van der Waals surface area (Å²) in [5, 5.41) is 0. The molecule has 88 valence electrons. The molecule has 0 saturated heterocycles. The van der Waals surface area contributed by atoms with Crippen LogP contribution in [0.15, 0.2) is 24.3 Å². The van der Waals surface area contributed by atoms with Crippen molar-refractivity contribution in [3.63, 3.8) is 0 Å². The van der Waals surface area contributed by atoms with Gasteiger partial charge in [-0.3, -0.25) is 0 Å². The van der Waals surface area contributed by atoms with E-state index in [1.807, 2.05) is 0 Å². The van der Waals surface area contributed by atoms with Gasteiger partial charge in [0.2, 0.25) is 0 Å². The molecule has 1 aromatic rings. The Labute approximate surface area is 100 Å². The van der Waals surface area contributed by atoms with Gasteiger partial charge in [-0.1, -0.05) is 57.5 Å². The van der Waals surface area contributed by atoms with Gasteiger partial charge in [0.1, 0.15) is 12.5 Å². The third-order valence-electron chi connectivity index (χ3n) is 3.60. The molecule has 1 rings (SSSR count). The van der Waals surface area contributed by atoms with Gasteiger partial charge in [-0.05, 0) is 17.9 Å². The number of hydrogen-bond acceptors (Lipinski definition) is 1. The molecule has 16 heavy (non-hydrogen) atoms. The van der Waals surface area contributed by atoms with Crippen LogP contribution in [0.2, 0.25) is 12.6 Å². The van der Waals surface area contributed by atoms with E-state index in [-0.39, 0.29) is 0 Å². The summed E-state index contributed by atoms with van der Waals surface area (Å²) in [5.74, 6) is 1.64. The minimum atomic E-state index is 0.695. The summed E-state index contributed by atoms with van der Waals surface area (Å²) in [6, 6.07) is 8.57. The summed E-state index contributed by atoms with van der Waals surface area (Å²) < 4.78 is 5.20. The van der Waals surface area contributed by atoms with Crippen molar-refractivity contribution in [1.29, 1.82) is 0 Å². The lowest BCUT2D eigenvalue weighted by molar-refractivity contribution is 0.414. The first-order chi connectivity index (χ1) is 7.76. The molecule has 0 radical (unpaired) electrons. The summed E-state index contributed by atoms with van der Waals surface area (Å²) >= 11 is 0. The van der Waals surface area contributed by atoms with Crippen LogP contribution in [0.25, 0.3) is 0 Å². The lowest BCUT2D eigenvalue weighted by atomic mass is 9.36. The quantitative estimate of drug-likeness (QED) is 0.648. The Balaban J connectivity index is 2.85. The van der Waals surface area contributed by atoms with E-state index in [1.54, 1.807) is 7.11 Å².